The zero-order valence-corrected chi connectivity index (χ0v) is 12.6. The molecule has 0 radical (unpaired) electrons. The molecule has 0 fully saturated rings. The van der Waals surface area contributed by atoms with Crippen LogP contribution in [0.25, 0.3) is 0 Å². The van der Waals surface area contributed by atoms with Gasteiger partial charge < -0.3 is 26.6 Å². The number of nitrogens with two attached hydrogens (primary N) is 1. The Hall–Kier alpha value is -1.94. The third-order valence-electron chi connectivity index (χ3n) is 1.72. The number of hydrogen-bond donors (Lipinski definition) is 5. The van der Waals surface area contributed by atoms with E-state index in [2.05, 4.69) is 15.6 Å². The van der Waals surface area contributed by atoms with Gasteiger partial charge in [0.25, 0.3) is 0 Å². The van der Waals surface area contributed by atoms with Gasteiger partial charge in [-0.2, -0.15) is 0 Å². The number of aromatic nitrogens is 1. The Morgan fingerprint density at radius 1 is 1.25 bits per heavy atom. The molecule has 1 rings (SSSR count). The molecule has 1 heterocycles. The van der Waals surface area contributed by atoms with Crippen molar-refractivity contribution in [2.75, 3.05) is 18.8 Å². The Bertz CT molecular complexity index is 450. The molecule has 8 nitrogen and oxygen atoms in total. The van der Waals surface area contributed by atoms with E-state index in [1.54, 1.807) is 0 Å². The van der Waals surface area contributed by atoms with Gasteiger partial charge in [-0.25, -0.2) is 14.6 Å². The number of thiazole rings is 1. The predicted octanol–water partition coefficient (Wildman–Crippen LogP) is 0.612. The van der Waals surface area contributed by atoms with E-state index in [4.69, 9.17) is 28.2 Å². The van der Waals surface area contributed by atoms with E-state index >= 15 is 0 Å². The maximum absolute atomic E-state index is 10.4. The van der Waals surface area contributed by atoms with Crippen molar-refractivity contribution in [1.82, 2.24) is 15.6 Å². The highest BCUT2D eigenvalue weighted by Crippen LogP contribution is 2.19. The van der Waals surface area contributed by atoms with Crippen molar-refractivity contribution in [1.29, 1.82) is 0 Å². The molecule has 20 heavy (non-hydrogen) atoms. The third-order valence-corrected chi connectivity index (χ3v) is 2.88. The van der Waals surface area contributed by atoms with E-state index < -0.39 is 17.6 Å². The highest BCUT2D eigenvalue weighted by Gasteiger charge is 2.21. The molecule has 0 aliphatic carbocycles. The second-order valence-corrected chi connectivity index (χ2v) is 4.67. The second kappa shape index (κ2) is 9.04. The van der Waals surface area contributed by atoms with Crippen LogP contribution in [-0.4, -0.2) is 45.3 Å². The summed E-state index contributed by atoms with van der Waals surface area (Å²) < 4.78 is 0. The van der Waals surface area contributed by atoms with E-state index in [0.717, 1.165) is 18.2 Å². The molecule has 10 heteroatoms. The summed E-state index contributed by atoms with van der Waals surface area (Å²) >= 11 is 5.47. The van der Waals surface area contributed by atoms with Crippen molar-refractivity contribution in [3.05, 3.63) is 10.6 Å². The number of anilines is 1. The van der Waals surface area contributed by atoms with Crippen molar-refractivity contribution in [2.24, 2.45) is 0 Å². The molecule has 112 valence electrons. The van der Waals surface area contributed by atoms with Gasteiger partial charge in [-0.3, -0.25) is 0 Å². The van der Waals surface area contributed by atoms with Gasteiger partial charge in [0.05, 0.1) is 0 Å². The zero-order valence-electron chi connectivity index (χ0n) is 11.0. The van der Waals surface area contributed by atoms with E-state index in [1.165, 1.54) is 0 Å². The predicted molar refractivity (Wildman–Crippen MR) is 80.4 cm³/mol. The summed E-state index contributed by atoms with van der Waals surface area (Å²) in [5.41, 5.74) is 4.63. The maximum Gasteiger partial charge on any atom is 0.356 e. The average Bonchev–Trinajstić information content (AvgIpc) is 2.73. The number of nitrogens with zero attached hydrogens (tertiary/aromatic N) is 1. The van der Waals surface area contributed by atoms with Gasteiger partial charge in [0.15, 0.2) is 15.9 Å². The minimum Gasteiger partial charge on any atom is -0.477 e. The lowest BCUT2D eigenvalue weighted by atomic mass is 10.4. The minimum atomic E-state index is -1.39. The molecule has 0 aliphatic rings. The highest BCUT2D eigenvalue weighted by atomic mass is 32.1. The molecule has 0 bridgehead atoms. The third kappa shape index (κ3) is 6.29. The van der Waals surface area contributed by atoms with Crippen molar-refractivity contribution < 1.29 is 19.8 Å². The Morgan fingerprint density at radius 3 is 2.05 bits per heavy atom. The van der Waals surface area contributed by atoms with Crippen LogP contribution in [-0.2, 0) is 0 Å². The van der Waals surface area contributed by atoms with Crippen molar-refractivity contribution >= 4 is 45.7 Å². The SMILES string of the molecule is CCNC(=S)NCC.Nc1nc(C(=O)O)c(C(=O)O)s1. The van der Waals surface area contributed by atoms with Crippen LogP contribution in [0.5, 0.6) is 0 Å². The molecule has 0 aromatic carbocycles. The summed E-state index contributed by atoms with van der Waals surface area (Å²) in [5, 5.41) is 23.5. The van der Waals surface area contributed by atoms with E-state index in [9.17, 15) is 9.59 Å². The molecular weight excluding hydrogens is 304 g/mol. The van der Waals surface area contributed by atoms with Gasteiger partial charge in [0, 0.05) is 13.1 Å². The fourth-order valence-electron chi connectivity index (χ4n) is 1.01. The number of carboxylic acids is 2. The molecule has 0 unspecified atom stereocenters. The monoisotopic (exact) mass is 320 g/mol. The Kier molecular flexibility index (Phi) is 8.16. The quantitative estimate of drug-likeness (QED) is 0.505. The lowest BCUT2D eigenvalue weighted by Gasteiger charge is -2.03. The molecule has 6 N–H and O–H groups in total. The first kappa shape index (κ1) is 18.1. The van der Waals surface area contributed by atoms with Gasteiger partial charge in [0.2, 0.25) is 0 Å². The number of hydrogen-bond acceptors (Lipinski definition) is 6. The van der Waals surface area contributed by atoms with Crippen LogP contribution in [0, 0.1) is 0 Å². The average molecular weight is 320 g/mol. The highest BCUT2D eigenvalue weighted by molar-refractivity contribution is 7.80. The van der Waals surface area contributed by atoms with Gasteiger partial charge >= 0.3 is 11.9 Å². The largest absolute Gasteiger partial charge is 0.477 e. The first-order valence-corrected chi connectivity index (χ1v) is 6.80. The fraction of sp³-hybridized carbons (Fsp3) is 0.400. The van der Waals surface area contributed by atoms with Crippen LogP contribution in [0.4, 0.5) is 5.13 Å². The van der Waals surface area contributed by atoms with Gasteiger partial charge in [-0.1, -0.05) is 11.3 Å². The summed E-state index contributed by atoms with van der Waals surface area (Å²) in [4.78, 5) is 23.8. The van der Waals surface area contributed by atoms with Crippen LogP contribution >= 0.6 is 23.6 Å². The molecule has 0 amide bonds. The number of carbonyl (C=O) groups is 2. The summed E-state index contributed by atoms with van der Waals surface area (Å²) in [6.45, 7) is 5.82. The molecule has 0 atom stereocenters. The molecule has 0 aliphatic heterocycles. The van der Waals surface area contributed by atoms with Crippen molar-refractivity contribution in [3.8, 4) is 0 Å². The zero-order chi connectivity index (χ0) is 15.7. The molecule has 0 saturated heterocycles. The molecule has 1 aromatic heterocycles. The Morgan fingerprint density at radius 2 is 1.75 bits per heavy atom. The number of nitrogen functional groups attached to an aromatic ring is 1. The number of rotatable bonds is 4. The van der Waals surface area contributed by atoms with E-state index in [-0.39, 0.29) is 10.0 Å². The first-order chi connectivity index (χ1) is 9.33. The van der Waals surface area contributed by atoms with Crippen molar-refractivity contribution in [2.45, 2.75) is 13.8 Å². The lowest BCUT2D eigenvalue weighted by Crippen LogP contribution is -2.34. The fourth-order valence-corrected chi connectivity index (χ4v) is 1.96. The van der Waals surface area contributed by atoms with E-state index in [0.29, 0.717) is 11.3 Å². The summed E-state index contributed by atoms with van der Waals surface area (Å²) in [6, 6.07) is 0. The van der Waals surface area contributed by atoms with E-state index in [1.807, 2.05) is 13.8 Å². The summed E-state index contributed by atoms with van der Waals surface area (Å²) in [6.07, 6.45) is 0. The Balaban J connectivity index is 0.000000396. The van der Waals surface area contributed by atoms with Crippen LogP contribution < -0.4 is 16.4 Å². The van der Waals surface area contributed by atoms with Gasteiger partial charge in [-0.05, 0) is 26.1 Å². The summed E-state index contributed by atoms with van der Waals surface area (Å²) in [5.74, 6) is -2.72. The van der Waals surface area contributed by atoms with Gasteiger partial charge in [-0.15, -0.1) is 0 Å². The summed E-state index contributed by atoms with van der Waals surface area (Å²) in [7, 11) is 0. The van der Waals surface area contributed by atoms with Crippen LogP contribution in [0.2, 0.25) is 0 Å². The van der Waals surface area contributed by atoms with Crippen LogP contribution in [0.15, 0.2) is 0 Å². The smallest absolute Gasteiger partial charge is 0.356 e. The molecule has 0 spiro atoms. The molecular formula is C10H16N4O4S2. The molecule has 1 aromatic rings. The normalized spacial score (nSPS) is 9.10. The minimum absolute atomic E-state index is 0.0650. The number of aromatic carboxylic acids is 2. The topological polar surface area (TPSA) is 138 Å². The first-order valence-electron chi connectivity index (χ1n) is 5.58. The number of thiocarbonyl (C=S) groups is 1. The molecule has 0 saturated carbocycles. The lowest BCUT2D eigenvalue weighted by molar-refractivity contribution is 0.0651. The van der Waals surface area contributed by atoms with Crippen LogP contribution in [0.1, 0.15) is 34.0 Å². The Labute approximate surface area is 125 Å². The van der Waals surface area contributed by atoms with Crippen LogP contribution in [0.3, 0.4) is 0 Å². The van der Waals surface area contributed by atoms with Crippen molar-refractivity contribution in [3.63, 3.8) is 0 Å². The van der Waals surface area contributed by atoms with Gasteiger partial charge in [0.1, 0.15) is 4.88 Å². The standard InChI is InChI=1S/C5H4N2O4S.C5H12N2S/c6-5-7-1(3(8)9)2(12-5)4(10)11;1-3-6-5(8)7-4-2/h(H2,6,7)(H,8,9)(H,10,11);3-4H2,1-2H3,(H2,6,7,8). The number of carboxylic acid groups (broad SMARTS) is 2. The second-order valence-electron chi connectivity index (χ2n) is 3.23. The number of nitrogens with one attached hydrogen (secondary N) is 2. The maximum atomic E-state index is 10.4.